The Labute approximate surface area is 233 Å². The highest BCUT2D eigenvalue weighted by Gasteiger charge is 2.44. The summed E-state index contributed by atoms with van der Waals surface area (Å²) in [4.78, 5) is 58.6. The molecular formula is C29H36FN5O5. The smallest absolute Gasteiger partial charge is 0.250 e. The van der Waals surface area contributed by atoms with Gasteiger partial charge in [-0.1, -0.05) is 44.5 Å². The Bertz CT molecular complexity index is 1230. The van der Waals surface area contributed by atoms with Gasteiger partial charge in [0.1, 0.15) is 31.4 Å². The van der Waals surface area contributed by atoms with Crippen LogP contribution in [0.15, 0.2) is 42.7 Å². The van der Waals surface area contributed by atoms with E-state index in [1.165, 1.54) is 4.90 Å². The number of alkyl halides is 1. The summed E-state index contributed by atoms with van der Waals surface area (Å²) in [5, 5.41) is 8.44. The maximum atomic E-state index is 13.9. The van der Waals surface area contributed by atoms with E-state index in [9.17, 15) is 23.6 Å². The molecule has 214 valence electrons. The number of nitrogens with zero attached hydrogens (tertiary/aromatic N) is 2. The molecule has 2 aliphatic rings. The van der Waals surface area contributed by atoms with Crippen LogP contribution in [0.4, 0.5) is 10.1 Å². The van der Waals surface area contributed by atoms with Crippen molar-refractivity contribution in [1.29, 1.82) is 0 Å². The lowest BCUT2D eigenvalue weighted by Gasteiger charge is -2.30. The second kappa shape index (κ2) is 13.5. The normalized spacial score (nSPS) is 19.3. The van der Waals surface area contributed by atoms with Crippen molar-refractivity contribution in [2.45, 2.75) is 64.2 Å². The number of nitrogens with one attached hydrogen (secondary N) is 3. The van der Waals surface area contributed by atoms with Crippen LogP contribution >= 0.6 is 0 Å². The first-order valence-corrected chi connectivity index (χ1v) is 13.7. The molecule has 0 aliphatic carbocycles. The number of hydrogen-bond donors (Lipinski definition) is 3. The monoisotopic (exact) mass is 553 g/mol. The van der Waals surface area contributed by atoms with Gasteiger partial charge in [0.2, 0.25) is 23.6 Å². The topological polar surface area (TPSA) is 130 Å². The molecule has 0 saturated carbocycles. The molecule has 4 amide bonds. The molecule has 1 aromatic carbocycles. The van der Waals surface area contributed by atoms with Crippen molar-refractivity contribution in [3.05, 3.63) is 59.4 Å². The molecule has 2 aromatic rings. The minimum Gasteiger partial charge on any atom is -0.369 e. The lowest BCUT2D eigenvalue weighted by atomic mass is 9.97. The minimum absolute atomic E-state index is 0.209. The zero-order valence-electron chi connectivity index (χ0n) is 22.8. The van der Waals surface area contributed by atoms with Crippen LogP contribution < -0.4 is 20.9 Å². The number of amides is 4. The number of halogens is 1. The van der Waals surface area contributed by atoms with Crippen LogP contribution in [0.2, 0.25) is 0 Å². The highest BCUT2D eigenvalue weighted by atomic mass is 19.1. The SMILES string of the molecule is CC[C@H](C)[C@H](NC(=O)COCCF)C(=O)N[C@H]1CCc2cccc3c2N(C1=O)[C@H](C(=O)NCc1cccnc1)C3. The Morgan fingerprint density at radius 3 is 2.73 bits per heavy atom. The van der Waals surface area contributed by atoms with E-state index < -0.39 is 36.6 Å². The lowest BCUT2D eigenvalue weighted by molar-refractivity contribution is -0.134. The minimum atomic E-state index is -0.905. The van der Waals surface area contributed by atoms with E-state index in [-0.39, 0.29) is 37.5 Å². The fraction of sp³-hybridized carbons (Fsp3) is 0.483. The van der Waals surface area contributed by atoms with Crippen LogP contribution in [0, 0.1) is 5.92 Å². The zero-order valence-corrected chi connectivity index (χ0v) is 22.8. The molecule has 0 bridgehead atoms. The second-order valence-corrected chi connectivity index (χ2v) is 10.2. The van der Waals surface area contributed by atoms with Crippen molar-refractivity contribution in [3.8, 4) is 0 Å². The Kier molecular flexibility index (Phi) is 9.81. The van der Waals surface area contributed by atoms with Crippen LogP contribution in [0.1, 0.15) is 43.4 Å². The van der Waals surface area contributed by atoms with Gasteiger partial charge in [0.15, 0.2) is 0 Å². The number of benzene rings is 1. The first-order chi connectivity index (χ1) is 19.3. The third-order valence-electron chi connectivity index (χ3n) is 7.48. The van der Waals surface area contributed by atoms with Gasteiger partial charge in [0, 0.05) is 25.4 Å². The molecule has 4 atom stereocenters. The van der Waals surface area contributed by atoms with Crippen molar-refractivity contribution in [1.82, 2.24) is 20.9 Å². The number of aromatic nitrogens is 1. The highest BCUT2D eigenvalue weighted by molar-refractivity contribution is 6.08. The van der Waals surface area contributed by atoms with E-state index in [0.29, 0.717) is 25.7 Å². The number of rotatable bonds is 12. The molecule has 0 fully saturated rings. The third kappa shape index (κ3) is 6.64. The fourth-order valence-corrected chi connectivity index (χ4v) is 5.18. The van der Waals surface area contributed by atoms with E-state index in [4.69, 9.17) is 4.74 Å². The molecule has 2 aliphatic heterocycles. The van der Waals surface area contributed by atoms with Gasteiger partial charge in [0.25, 0.3) is 0 Å². The molecule has 40 heavy (non-hydrogen) atoms. The molecule has 3 heterocycles. The van der Waals surface area contributed by atoms with Crippen LogP contribution in [-0.4, -0.2) is 66.6 Å². The fourth-order valence-electron chi connectivity index (χ4n) is 5.18. The zero-order chi connectivity index (χ0) is 28.6. The first-order valence-electron chi connectivity index (χ1n) is 13.7. The number of carbonyl (C=O) groups excluding carboxylic acids is 4. The summed E-state index contributed by atoms with van der Waals surface area (Å²) in [6, 6.07) is 6.89. The summed E-state index contributed by atoms with van der Waals surface area (Å²) in [7, 11) is 0. The van der Waals surface area contributed by atoms with Crippen molar-refractivity contribution in [2.24, 2.45) is 5.92 Å². The van der Waals surface area contributed by atoms with Gasteiger partial charge in [-0.2, -0.15) is 0 Å². The van der Waals surface area contributed by atoms with Gasteiger partial charge in [-0.15, -0.1) is 0 Å². The Morgan fingerprint density at radius 2 is 2.00 bits per heavy atom. The summed E-state index contributed by atoms with van der Waals surface area (Å²) >= 11 is 0. The largest absolute Gasteiger partial charge is 0.369 e. The average molecular weight is 554 g/mol. The molecule has 4 rings (SSSR count). The molecular weight excluding hydrogens is 517 g/mol. The van der Waals surface area contributed by atoms with Gasteiger partial charge >= 0.3 is 0 Å². The quantitative estimate of drug-likeness (QED) is 0.343. The molecule has 0 saturated heterocycles. The number of hydrogen-bond acceptors (Lipinski definition) is 6. The number of ether oxygens (including phenoxy) is 1. The maximum absolute atomic E-state index is 13.9. The number of aryl methyl sites for hydroxylation is 1. The van der Waals surface area contributed by atoms with Crippen LogP contribution in [0.25, 0.3) is 0 Å². The first kappa shape index (κ1) is 29.1. The average Bonchev–Trinajstić information content (AvgIpc) is 3.30. The van der Waals surface area contributed by atoms with Crippen LogP contribution in [-0.2, 0) is 43.3 Å². The van der Waals surface area contributed by atoms with Crippen LogP contribution in [0.5, 0.6) is 0 Å². The Hall–Kier alpha value is -3.86. The third-order valence-corrected chi connectivity index (χ3v) is 7.48. The number of anilines is 1. The van der Waals surface area contributed by atoms with Gasteiger partial charge in [0.05, 0.1) is 12.3 Å². The van der Waals surface area contributed by atoms with Crippen molar-refractivity contribution < 1.29 is 28.3 Å². The predicted octanol–water partition coefficient (Wildman–Crippen LogP) is 1.60. The van der Waals surface area contributed by atoms with E-state index in [1.54, 1.807) is 18.5 Å². The second-order valence-electron chi connectivity index (χ2n) is 10.2. The summed E-state index contributed by atoms with van der Waals surface area (Å²) in [6.07, 6.45) is 5.19. The number of pyridine rings is 1. The van der Waals surface area contributed by atoms with Gasteiger partial charge in [-0.25, -0.2) is 4.39 Å². The summed E-state index contributed by atoms with van der Waals surface area (Å²) in [5.41, 5.74) is 3.44. The molecule has 0 radical (unpaired) electrons. The van der Waals surface area contributed by atoms with Gasteiger partial charge < -0.3 is 20.7 Å². The van der Waals surface area contributed by atoms with Crippen molar-refractivity contribution >= 4 is 29.3 Å². The molecule has 0 spiro atoms. The van der Waals surface area contributed by atoms with E-state index in [0.717, 1.165) is 22.4 Å². The number of carbonyl (C=O) groups is 4. The number of para-hydroxylation sites is 1. The maximum Gasteiger partial charge on any atom is 0.250 e. The molecule has 3 N–H and O–H groups in total. The Morgan fingerprint density at radius 1 is 1.20 bits per heavy atom. The highest BCUT2D eigenvalue weighted by Crippen LogP contribution is 2.39. The molecule has 11 heteroatoms. The molecule has 0 unspecified atom stereocenters. The summed E-state index contributed by atoms with van der Waals surface area (Å²) in [5.74, 6) is -1.91. The summed E-state index contributed by atoms with van der Waals surface area (Å²) in [6.45, 7) is 2.71. The van der Waals surface area contributed by atoms with Crippen molar-refractivity contribution in [3.63, 3.8) is 0 Å². The Balaban J connectivity index is 1.50. The lowest BCUT2D eigenvalue weighted by Crippen LogP contribution is -2.58. The van der Waals surface area contributed by atoms with Gasteiger partial charge in [-0.3, -0.25) is 29.1 Å². The predicted molar refractivity (Wildman–Crippen MR) is 146 cm³/mol. The van der Waals surface area contributed by atoms with Crippen LogP contribution in [0.3, 0.4) is 0 Å². The van der Waals surface area contributed by atoms with E-state index in [1.807, 2.05) is 38.1 Å². The van der Waals surface area contributed by atoms with E-state index >= 15 is 0 Å². The molecule has 1 aromatic heterocycles. The standard InChI is InChI=1S/C29H36FN5O5/c1-3-18(2)25(34-24(36)17-40-13-11-30)28(38)33-22-10-9-20-7-4-8-21-14-23(35(26(20)21)29(22)39)27(37)32-16-19-6-5-12-31-15-19/h4-8,12,15,18,22-23,25H,3,9-11,13-14,16-17H2,1-2H3,(H,32,37)(H,33,38)(H,34,36)/t18-,22-,23-,25-/m0/s1. The molecule has 10 nitrogen and oxygen atoms in total. The van der Waals surface area contributed by atoms with Gasteiger partial charge in [-0.05, 0) is 41.5 Å². The summed E-state index contributed by atoms with van der Waals surface area (Å²) < 4.78 is 17.3. The van der Waals surface area contributed by atoms with E-state index in [2.05, 4.69) is 20.9 Å². The van der Waals surface area contributed by atoms with Crippen molar-refractivity contribution in [2.75, 3.05) is 24.8 Å².